The molecular formula is C10H14N4OS. The summed E-state index contributed by atoms with van der Waals surface area (Å²) in [5.41, 5.74) is 0.822. The van der Waals surface area contributed by atoms with E-state index in [1.54, 1.807) is 24.2 Å². The van der Waals surface area contributed by atoms with Gasteiger partial charge in [0.25, 0.3) is 0 Å². The van der Waals surface area contributed by atoms with Crippen LogP contribution in [-0.4, -0.2) is 24.2 Å². The first-order chi connectivity index (χ1) is 7.72. The molecule has 0 bridgehead atoms. The van der Waals surface area contributed by atoms with Crippen LogP contribution in [0.25, 0.3) is 0 Å². The number of aliphatic hydroxyl groups is 1. The Hall–Kier alpha value is -1.27. The van der Waals surface area contributed by atoms with Crippen LogP contribution in [0.4, 0.5) is 0 Å². The second kappa shape index (κ2) is 4.71. The van der Waals surface area contributed by atoms with Crippen LogP contribution >= 0.6 is 11.8 Å². The summed E-state index contributed by atoms with van der Waals surface area (Å²) in [4.78, 5) is 8.49. The van der Waals surface area contributed by atoms with Gasteiger partial charge >= 0.3 is 0 Å². The van der Waals surface area contributed by atoms with Gasteiger partial charge in [-0.2, -0.15) is 0 Å². The molecule has 2 aromatic rings. The number of thioether (sulfide) groups is 1. The Labute approximate surface area is 98.1 Å². The van der Waals surface area contributed by atoms with Crippen LogP contribution in [0.5, 0.6) is 0 Å². The van der Waals surface area contributed by atoms with Gasteiger partial charge in [0.05, 0.1) is 24.3 Å². The van der Waals surface area contributed by atoms with Crippen LogP contribution < -0.4 is 0 Å². The highest BCUT2D eigenvalue weighted by Crippen LogP contribution is 2.20. The van der Waals surface area contributed by atoms with Gasteiger partial charge in [-0.3, -0.25) is 0 Å². The number of hydrogen-bond acceptors (Lipinski definition) is 4. The van der Waals surface area contributed by atoms with Crippen molar-refractivity contribution in [2.45, 2.75) is 17.5 Å². The number of hydrogen-bond donors (Lipinski definition) is 1. The van der Waals surface area contributed by atoms with Gasteiger partial charge in [-0.15, -0.1) is 0 Å². The summed E-state index contributed by atoms with van der Waals surface area (Å²) < 4.78 is 3.89. The number of imidazole rings is 2. The van der Waals surface area contributed by atoms with Crippen LogP contribution in [-0.2, 0) is 26.5 Å². The highest BCUT2D eigenvalue weighted by molar-refractivity contribution is 7.98. The van der Waals surface area contributed by atoms with Gasteiger partial charge in [-0.25, -0.2) is 9.97 Å². The zero-order valence-electron chi connectivity index (χ0n) is 9.29. The highest BCUT2D eigenvalue weighted by atomic mass is 32.2. The Kier molecular flexibility index (Phi) is 3.31. The molecule has 2 rings (SSSR count). The van der Waals surface area contributed by atoms with Crippen LogP contribution in [0.2, 0.25) is 0 Å². The van der Waals surface area contributed by atoms with E-state index in [0.29, 0.717) is 0 Å². The first kappa shape index (κ1) is 11.2. The number of rotatable bonds is 4. The van der Waals surface area contributed by atoms with Crippen molar-refractivity contribution in [1.29, 1.82) is 0 Å². The molecule has 0 amide bonds. The van der Waals surface area contributed by atoms with Gasteiger partial charge in [-0.1, -0.05) is 11.8 Å². The fourth-order valence-corrected chi connectivity index (χ4v) is 2.35. The maximum atomic E-state index is 9.04. The van der Waals surface area contributed by atoms with E-state index in [9.17, 15) is 0 Å². The average Bonchev–Trinajstić information content (AvgIpc) is 2.83. The SMILES string of the molecule is Cn1ccnc1CSc1ncc(CO)n1C. The molecule has 2 aromatic heterocycles. The van der Waals surface area contributed by atoms with Crippen molar-refractivity contribution in [3.63, 3.8) is 0 Å². The van der Waals surface area contributed by atoms with Crippen molar-refractivity contribution < 1.29 is 5.11 Å². The first-order valence-corrected chi connectivity index (χ1v) is 5.91. The second-order valence-electron chi connectivity index (χ2n) is 3.49. The summed E-state index contributed by atoms with van der Waals surface area (Å²) in [6.07, 6.45) is 5.40. The summed E-state index contributed by atoms with van der Waals surface area (Å²) in [6.45, 7) is 0.0203. The molecule has 86 valence electrons. The molecule has 0 saturated heterocycles. The molecular weight excluding hydrogens is 224 g/mol. The van der Waals surface area contributed by atoms with E-state index in [-0.39, 0.29) is 6.61 Å². The van der Waals surface area contributed by atoms with Gasteiger partial charge in [-0.05, 0) is 0 Å². The molecule has 0 unspecified atom stereocenters. The molecule has 2 heterocycles. The molecule has 0 atom stereocenters. The monoisotopic (exact) mass is 238 g/mol. The number of aromatic nitrogens is 4. The molecule has 16 heavy (non-hydrogen) atoms. The largest absolute Gasteiger partial charge is 0.390 e. The minimum absolute atomic E-state index is 0.0203. The Balaban J connectivity index is 2.05. The summed E-state index contributed by atoms with van der Waals surface area (Å²) in [7, 11) is 3.87. The summed E-state index contributed by atoms with van der Waals surface area (Å²) in [5.74, 6) is 1.79. The topological polar surface area (TPSA) is 55.9 Å². The Bertz CT molecular complexity index is 477. The minimum Gasteiger partial charge on any atom is -0.390 e. The third-order valence-corrected chi connectivity index (χ3v) is 3.50. The maximum Gasteiger partial charge on any atom is 0.168 e. The predicted octanol–water partition coefficient (Wildman–Crippen LogP) is 0.938. The molecule has 0 aliphatic carbocycles. The highest BCUT2D eigenvalue weighted by Gasteiger charge is 2.07. The van der Waals surface area contributed by atoms with E-state index in [2.05, 4.69) is 9.97 Å². The normalized spacial score (nSPS) is 10.9. The number of nitrogens with zero attached hydrogens (tertiary/aromatic N) is 4. The fraction of sp³-hybridized carbons (Fsp3) is 0.400. The molecule has 5 nitrogen and oxygen atoms in total. The zero-order chi connectivity index (χ0) is 11.5. The molecule has 6 heteroatoms. The maximum absolute atomic E-state index is 9.04. The van der Waals surface area contributed by atoms with Crippen molar-refractivity contribution in [3.8, 4) is 0 Å². The van der Waals surface area contributed by atoms with E-state index in [0.717, 1.165) is 22.4 Å². The van der Waals surface area contributed by atoms with Crippen LogP contribution in [0.15, 0.2) is 23.7 Å². The molecule has 0 aliphatic rings. The Morgan fingerprint density at radius 2 is 2.19 bits per heavy atom. The molecule has 0 aliphatic heterocycles. The lowest BCUT2D eigenvalue weighted by atomic mass is 10.5. The van der Waals surface area contributed by atoms with Crippen molar-refractivity contribution in [1.82, 2.24) is 19.1 Å². The van der Waals surface area contributed by atoms with Gasteiger partial charge < -0.3 is 14.2 Å². The summed E-state index contributed by atoms with van der Waals surface area (Å²) >= 11 is 1.61. The quantitative estimate of drug-likeness (QED) is 0.805. The van der Waals surface area contributed by atoms with Crippen molar-refractivity contribution in [3.05, 3.63) is 30.1 Å². The summed E-state index contributed by atoms with van der Waals surface area (Å²) in [6, 6.07) is 0. The van der Waals surface area contributed by atoms with E-state index in [4.69, 9.17) is 5.11 Å². The van der Waals surface area contributed by atoms with E-state index in [1.165, 1.54) is 0 Å². The second-order valence-corrected chi connectivity index (χ2v) is 4.43. The smallest absolute Gasteiger partial charge is 0.168 e. The number of aryl methyl sites for hydroxylation is 1. The lowest BCUT2D eigenvalue weighted by Gasteiger charge is -2.03. The zero-order valence-corrected chi connectivity index (χ0v) is 10.1. The average molecular weight is 238 g/mol. The molecule has 1 N–H and O–H groups in total. The number of aliphatic hydroxyl groups excluding tert-OH is 1. The van der Waals surface area contributed by atoms with Crippen molar-refractivity contribution in [2.75, 3.05) is 0 Å². The van der Waals surface area contributed by atoms with E-state index < -0.39 is 0 Å². The molecule has 0 radical (unpaired) electrons. The van der Waals surface area contributed by atoms with Gasteiger partial charge in [0.1, 0.15) is 5.82 Å². The Morgan fingerprint density at radius 3 is 2.75 bits per heavy atom. The first-order valence-electron chi connectivity index (χ1n) is 4.93. The fourth-order valence-electron chi connectivity index (χ4n) is 1.37. The third-order valence-electron chi connectivity index (χ3n) is 2.46. The van der Waals surface area contributed by atoms with Crippen LogP contribution in [0.3, 0.4) is 0 Å². The molecule has 0 fully saturated rings. The van der Waals surface area contributed by atoms with Gasteiger partial charge in [0.2, 0.25) is 0 Å². The minimum atomic E-state index is 0.0203. The standard InChI is InChI=1S/C10H14N4OS/c1-13-4-3-11-9(13)7-16-10-12-5-8(6-15)14(10)2/h3-5,15H,6-7H2,1-2H3. The van der Waals surface area contributed by atoms with E-state index >= 15 is 0 Å². The molecule has 0 saturated carbocycles. The van der Waals surface area contributed by atoms with Crippen molar-refractivity contribution in [2.24, 2.45) is 14.1 Å². The van der Waals surface area contributed by atoms with Crippen molar-refractivity contribution >= 4 is 11.8 Å². The molecule has 0 spiro atoms. The van der Waals surface area contributed by atoms with Gasteiger partial charge in [0.15, 0.2) is 5.16 Å². The lowest BCUT2D eigenvalue weighted by Crippen LogP contribution is -1.99. The molecule has 0 aromatic carbocycles. The predicted molar refractivity (Wildman–Crippen MR) is 61.9 cm³/mol. The Morgan fingerprint density at radius 1 is 1.38 bits per heavy atom. The third kappa shape index (κ3) is 2.12. The van der Waals surface area contributed by atoms with Gasteiger partial charge in [0, 0.05) is 26.5 Å². The summed E-state index contributed by atoms with van der Waals surface area (Å²) in [5, 5.41) is 9.94. The van der Waals surface area contributed by atoms with Crippen LogP contribution in [0.1, 0.15) is 11.5 Å². The lowest BCUT2D eigenvalue weighted by molar-refractivity contribution is 0.271. The van der Waals surface area contributed by atoms with Crippen LogP contribution in [0, 0.1) is 0 Å². The van der Waals surface area contributed by atoms with E-state index in [1.807, 2.05) is 29.4 Å².